The van der Waals surface area contributed by atoms with Crippen molar-refractivity contribution < 1.29 is 4.39 Å². The van der Waals surface area contributed by atoms with Gasteiger partial charge in [-0.05, 0) is 26.0 Å². The highest BCUT2D eigenvalue weighted by Gasteiger charge is 2.13. The van der Waals surface area contributed by atoms with Crippen molar-refractivity contribution in [3.63, 3.8) is 0 Å². The summed E-state index contributed by atoms with van der Waals surface area (Å²) in [6.45, 7) is 5.48. The number of anilines is 2. The maximum Gasteiger partial charge on any atom is 0.230 e. The van der Waals surface area contributed by atoms with E-state index >= 15 is 0 Å². The van der Waals surface area contributed by atoms with E-state index < -0.39 is 0 Å². The SMILES string of the molecule is CCN(CC)c1nc(N)nc(-c2ccccc2F)n1. The third-order valence-corrected chi connectivity index (χ3v) is 2.80. The highest BCUT2D eigenvalue weighted by molar-refractivity contribution is 5.58. The third kappa shape index (κ3) is 2.78. The van der Waals surface area contributed by atoms with Crippen LogP contribution in [0.3, 0.4) is 0 Å². The zero-order chi connectivity index (χ0) is 13.8. The smallest absolute Gasteiger partial charge is 0.230 e. The highest BCUT2D eigenvalue weighted by atomic mass is 19.1. The number of nitrogens with two attached hydrogens (primary N) is 1. The molecule has 1 aromatic carbocycles. The molecule has 2 N–H and O–H groups in total. The maximum absolute atomic E-state index is 13.7. The van der Waals surface area contributed by atoms with Gasteiger partial charge in [0.15, 0.2) is 5.82 Å². The Hall–Kier alpha value is -2.24. The van der Waals surface area contributed by atoms with Crippen LogP contribution in [0, 0.1) is 5.82 Å². The Balaban J connectivity index is 2.51. The largest absolute Gasteiger partial charge is 0.368 e. The van der Waals surface area contributed by atoms with Gasteiger partial charge in [0.05, 0.1) is 5.56 Å². The number of hydrogen-bond acceptors (Lipinski definition) is 5. The van der Waals surface area contributed by atoms with Crippen LogP contribution < -0.4 is 10.6 Å². The van der Waals surface area contributed by atoms with Gasteiger partial charge in [-0.15, -0.1) is 0 Å². The van der Waals surface area contributed by atoms with Crippen molar-refractivity contribution in [2.45, 2.75) is 13.8 Å². The van der Waals surface area contributed by atoms with Gasteiger partial charge in [0.25, 0.3) is 0 Å². The molecule has 0 aliphatic rings. The fourth-order valence-corrected chi connectivity index (χ4v) is 1.79. The fourth-order valence-electron chi connectivity index (χ4n) is 1.79. The Kier molecular flexibility index (Phi) is 3.89. The Bertz CT molecular complexity index is 569. The minimum atomic E-state index is -0.376. The van der Waals surface area contributed by atoms with Gasteiger partial charge < -0.3 is 10.6 Å². The molecule has 0 saturated heterocycles. The van der Waals surface area contributed by atoms with Crippen molar-refractivity contribution in [2.75, 3.05) is 23.7 Å². The minimum absolute atomic E-state index is 0.0927. The van der Waals surface area contributed by atoms with Crippen LogP contribution in [0.15, 0.2) is 24.3 Å². The van der Waals surface area contributed by atoms with Crippen LogP contribution in [0.25, 0.3) is 11.4 Å². The predicted octanol–water partition coefficient (Wildman–Crippen LogP) is 2.11. The normalized spacial score (nSPS) is 10.5. The summed E-state index contributed by atoms with van der Waals surface area (Å²) in [5.41, 5.74) is 6.01. The van der Waals surface area contributed by atoms with Crippen molar-refractivity contribution in [3.8, 4) is 11.4 Å². The Morgan fingerprint density at radius 3 is 2.42 bits per heavy atom. The van der Waals surface area contributed by atoms with Gasteiger partial charge in [-0.1, -0.05) is 12.1 Å². The van der Waals surface area contributed by atoms with Crippen LogP contribution in [0.5, 0.6) is 0 Å². The molecular weight excluding hydrogens is 245 g/mol. The number of nitrogen functional groups attached to an aromatic ring is 1. The van der Waals surface area contributed by atoms with E-state index in [1.807, 2.05) is 18.7 Å². The quantitative estimate of drug-likeness (QED) is 0.912. The maximum atomic E-state index is 13.7. The van der Waals surface area contributed by atoms with E-state index in [4.69, 9.17) is 5.73 Å². The highest BCUT2D eigenvalue weighted by Crippen LogP contribution is 2.21. The van der Waals surface area contributed by atoms with E-state index in [-0.39, 0.29) is 17.6 Å². The summed E-state index contributed by atoms with van der Waals surface area (Å²) < 4.78 is 13.7. The van der Waals surface area contributed by atoms with Crippen LogP contribution in [0.1, 0.15) is 13.8 Å². The summed E-state index contributed by atoms with van der Waals surface area (Å²) in [5.74, 6) is 0.442. The molecule has 0 atom stereocenters. The molecule has 100 valence electrons. The third-order valence-electron chi connectivity index (χ3n) is 2.80. The molecule has 5 nitrogen and oxygen atoms in total. The zero-order valence-electron chi connectivity index (χ0n) is 11.0. The topological polar surface area (TPSA) is 67.9 Å². The van der Waals surface area contributed by atoms with E-state index in [0.717, 1.165) is 13.1 Å². The van der Waals surface area contributed by atoms with E-state index in [1.165, 1.54) is 6.07 Å². The molecule has 0 saturated carbocycles. The number of benzene rings is 1. The van der Waals surface area contributed by atoms with Gasteiger partial charge >= 0.3 is 0 Å². The molecule has 0 fully saturated rings. The molecular formula is C13H16FN5. The summed E-state index contributed by atoms with van der Waals surface area (Å²) in [4.78, 5) is 14.3. The monoisotopic (exact) mass is 261 g/mol. The number of aromatic nitrogens is 3. The molecule has 0 bridgehead atoms. The average Bonchev–Trinajstić information content (AvgIpc) is 2.40. The Labute approximate surface area is 111 Å². The van der Waals surface area contributed by atoms with Crippen molar-refractivity contribution >= 4 is 11.9 Å². The molecule has 0 amide bonds. The standard InChI is InChI=1S/C13H16FN5/c1-3-19(4-2)13-17-11(16-12(15)18-13)9-7-5-6-8-10(9)14/h5-8H,3-4H2,1-2H3,(H2,15,16,17,18). The van der Waals surface area contributed by atoms with Gasteiger partial charge in [-0.2, -0.15) is 15.0 Å². The lowest BCUT2D eigenvalue weighted by atomic mass is 10.2. The van der Waals surface area contributed by atoms with Gasteiger partial charge in [0.2, 0.25) is 11.9 Å². The number of rotatable bonds is 4. The summed E-state index contributed by atoms with van der Waals surface area (Å²) in [6.07, 6.45) is 0. The van der Waals surface area contributed by atoms with E-state index in [0.29, 0.717) is 11.5 Å². The van der Waals surface area contributed by atoms with Crippen molar-refractivity contribution in [3.05, 3.63) is 30.1 Å². The lowest BCUT2D eigenvalue weighted by molar-refractivity contribution is 0.629. The first-order valence-electron chi connectivity index (χ1n) is 6.17. The second-order valence-corrected chi connectivity index (χ2v) is 3.97. The Morgan fingerprint density at radius 2 is 1.79 bits per heavy atom. The van der Waals surface area contributed by atoms with Gasteiger partial charge in [0, 0.05) is 13.1 Å². The van der Waals surface area contributed by atoms with E-state index in [9.17, 15) is 4.39 Å². The number of halogens is 1. The second kappa shape index (κ2) is 5.60. The lowest BCUT2D eigenvalue weighted by Crippen LogP contribution is -2.25. The zero-order valence-corrected chi connectivity index (χ0v) is 11.0. The lowest BCUT2D eigenvalue weighted by Gasteiger charge is -2.18. The molecule has 1 heterocycles. The first-order valence-corrected chi connectivity index (χ1v) is 6.17. The first-order chi connectivity index (χ1) is 9.15. The van der Waals surface area contributed by atoms with Crippen LogP contribution >= 0.6 is 0 Å². The molecule has 0 unspecified atom stereocenters. The summed E-state index contributed by atoms with van der Waals surface area (Å²) in [6, 6.07) is 6.34. The van der Waals surface area contributed by atoms with Gasteiger partial charge in [-0.3, -0.25) is 0 Å². The van der Waals surface area contributed by atoms with Crippen LogP contribution in [0.2, 0.25) is 0 Å². The average molecular weight is 261 g/mol. The molecule has 6 heteroatoms. The predicted molar refractivity (Wildman–Crippen MR) is 73.2 cm³/mol. The summed E-state index contributed by atoms with van der Waals surface area (Å²) in [5, 5.41) is 0. The van der Waals surface area contributed by atoms with Crippen molar-refractivity contribution in [2.24, 2.45) is 0 Å². The molecule has 0 radical (unpaired) electrons. The van der Waals surface area contributed by atoms with Crippen molar-refractivity contribution in [1.82, 2.24) is 15.0 Å². The van der Waals surface area contributed by atoms with E-state index in [2.05, 4.69) is 15.0 Å². The van der Waals surface area contributed by atoms with Gasteiger partial charge in [0.1, 0.15) is 5.82 Å². The van der Waals surface area contributed by atoms with Crippen LogP contribution in [0.4, 0.5) is 16.3 Å². The molecule has 19 heavy (non-hydrogen) atoms. The molecule has 0 aliphatic carbocycles. The molecule has 0 aliphatic heterocycles. The second-order valence-electron chi connectivity index (χ2n) is 3.97. The molecule has 2 rings (SSSR count). The molecule has 1 aromatic heterocycles. The summed E-state index contributed by atoms with van der Waals surface area (Å²) >= 11 is 0. The summed E-state index contributed by atoms with van der Waals surface area (Å²) in [7, 11) is 0. The minimum Gasteiger partial charge on any atom is -0.368 e. The van der Waals surface area contributed by atoms with Crippen molar-refractivity contribution in [1.29, 1.82) is 0 Å². The van der Waals surface area contributed by atoms with Crippen LogP contribution in [-0.4, -0.2) is 28.0 Å². The van der Waals surface area contributed by atoms with E-state index in [1.54, 1.807) is 18.2 Å². The van der Waals surface area contributed by atoms with Gasteiger partial charge in [-0.25, -0.2) is 4.39 Å². The van der Waals surface area contributed by atoms with Crippen LogP contribution in [-0.2, 0) is 0 Å². The first kappa shape index (κ1) is 13.2. The molecule has 2 aromatic rings. The Morgan fingerprint density at radius 1 is 1.11 bits per heavy atom. The fraction of sp³-hybridized carbons (Fsp3) is 0.308. The number of nitrogens with zero attached hydrogens (tertiary/aromatic N) is 4. The molecule has 0 spiro atoms. The number of hydrogen-bond donors (Lipinski definition) is 1.